The molecule has 0 saturated heterocycles. The van der Waals surface area contributed by atoms with Crippen molar-refractivity contribution >= 4 is 23.2 Å². The summed E-state index contributed by atoms with van der Waals surface area (Å²) >= 11 is 0. The number of phenols is 1. The Morgan fingerprint density at radius 3 is 2.50 bits per heavy atom. The number of carbonyl (C=O) groups is 2. The number of aliphatic hydroxyl groups excluding tert-OH is 4. The Kier molecular flexibility index (Phi) is 6.05. The van der Waals surface area contributed by atoms with Crippen LogP contribution in [0.15, 0.2) is 33.5 Å². The van der Waals surface area contributed by atoms with E-state index in [0.29, 0.717) is 5.39 Å². The van der Waals surface area contributed by atoms with Gasteiger partial charge in [0.1, 0.15) is 47.5 Å². The van der Waals surface area contributed by atoms with Crippen molar-refractivity contribution in [2.75, 3.05) is 6.61 Å². The van der Waals surface area contributed by atoms with Crippen LogP contribution in [0.4, 0.5) is 0 Å². The molecule has 0 aliphatic carbocycles. The number of aromatic hydroxyl groups is 1. The Balaban J connectivity index is 2.26. The number of benzene rings is 1. The van der Waals surface area contributed by atoms with Crippen LogP contribution >= 0.6 is 0 Å². The standard InChI is InChI=1S/C16H17NO9/c18-5-10(13(22)14(23)11(21)6-19)17-15(24)9-3-7-1-2-8(20)4-12(7)26-16(9)25/h1-5,10-11,13-14,19-23H,6H2,(H,17,24)/t10-,11-,13-,14-/m1/s1. The van der Waals surface area contributed by atoms with Gasteiger partial charge >= 0.3 is 5.63 Å². The molecular weight excluding hydrogens is 350 g/mol. The molecular formula is C16H17NO9. The molecule has 1 amide bonds. The molecule has 0 aliphatic heterocycles. The highest BCUT2D eigenvalue weighted by Crippen LogP contribution is 2.19. The normalized spacial score (nSPS) is 15.8. The minimum absolute atomic E-state index is 0.0417. The second-order valence-corrected chi connectivity index (χ2v) is 5.54. The SMILES string of the molecule is O=C[C@@H](NC(=O)c1cc2ccc(O)cc2oc1=O)[C@@H](O)[C@H](O)[C@H](O)CO. The van der Waals surface area contributed by atoms with Gasteiger partial charge in [0.25, 0.3) is 5.91 Å². The summed E-state index contributed by atoms with van der Waals surface area (Å²) < 4.78 is 4.92. The molecule has 0 bridgehead atoms. The molecule has 0 saturated carbocycles. The van der Waals surface area contributed by atoms with Gasteiger partial charge < -0.3 is 40.1 Å². The minimum Gasteiger partial charge on any atom is -0.508 e. The highest BCUT2D eigenvalue weighted by molar-refractivity contribution is 5.98. The van der Waals surface area contributed by atoms with E-state index >= 15 is 0 Å². The van der Waals surface area contributed by atoms with Gasteiger partial charge in [-0.1, -0.05) is 0 Å². The van der Waals surface area contributed by atoms with Crippen LogP contribution in [0.25, 0.3) is 11.0 Å². The van der Waals surface area contributed by atoms with Crippen molar-refractivity contribution in [2.45, 2.75) is 24.4 Å². The largest absolute Gasteiger partial charge is 0.508 e. The topological polar surface area (TPSA) is 178 Å². The lowest BCUT2D eigenvalue weighted by molar-refractivity contribution is -0.119. The maximum atomic E-state index is 12.2. The second kappa shape index (κ2) is 8.06. The van der Waals surface area contributed by atoms with Gasteiger partial charge in [-0.2, -0.15) is 0 Å². The number of aldehydes is 1. The molecule has 10 heteroatoms. The van der Waals surface area contributed by atoms with Crippen LogP contribution < -0.4 is 10.9 Å². The van der Waals surface area contributed by atoms with Crippen molar-refractivity contribution in [3.63, 3.8) is 0 Å². The van der Waals surface area contributed by atoms with Gasteiger partial charge in [-0.25, -0.2) is 4.79 Å². The van der Waals surface area contributed by atoms with Crippen molar-refractivity contribution < 1.29 is 39.5 Å². The first-order valence-corrected chi connectivity index (χ1v) is 7.46. The highest BCUT2D eigenvalue weighted by atomic mass is 16.4. The molecule has 0 radical (unpaired) electrons. The first-order chi connectivity index (χ1) is 12.3. The summed E-state index contributed by atoms with van der Waals surface area (Å²) in [6.07, 6.45) is -5.46. The van der Waals surface area contributed by atoms with Gasteiger partial charge in [0.15, 0.2) is 0 Å². The van der Waals surface area contributed by atoms with Crippen molar-refractivity contribution in [3.05, 3.63) is 40.2 Å². The lowest BCUT2D eigenvalue weighted by Gasteiger charge is -2.26. The Labute approximate surface area is 145 Å². The Hall–Kier alpha value is -2.79. The number of rotatable bonds is 7. The molecule has 2 rings (SSSR count). The number of hydrogen-bond donors (Lipinski definition) is 6. The number of aliphatic hydroxyl groups is 4. The van der Waals surface area contributed by atoms with Gasteiger partial charge in [0.05, 0.1) is 6.61 Å². The molecule has 0 spiro atoms. The summed E-state index contributed by atoms with van der Waals surface area (Å²) in [5, 5.41) is 49.3. The fourth-order valence-corrected chi connectivity index (χ4v) is 2.24. The molecule has 10 nitrogen and oxygen atoms in total. The van der Waals surface area contributed by atoms with Crippen molar-refractivity contribution in [1.82, 2.24) is 5.32 Å². The molecule has 26 heavy (non-hydrogen) atoms. The fraction of sp³-hybridized carbons (Fsp3) is 0.312. The van der Waals surface area contributed by atoms with Crippen LogP contribution in [0.3, 0.4) is 0 Å². The Morgan fingerprint density at radius 1 is 1.19 bits per heavy atom. The zero-order valence-electron chi connectivity index (χ0n) is 13.3. The van der Waals surface area contributed by atoms with Crippen LogP contribution in [-0.2, 0) is 4.79 Å². The number of phenolic OH excluding ortho intramolecular Hbond substituents is 1. The number of hydrogen-bond acceptors (Lipinski definition) is 9. The summed E-state index contributed by atoms with van der Waals surface area (Å²) in [5.74, 6) is -1.20. The molecule has 0 aliphatic rings. The van der Waals surface area contributed by atoms with Gasteiger partial charge in [0, 0.05) is 11.5 Å². The zero-order valence-corrected chi connectivity index (χ0v) is 13.3. The van der Waals surface area contributed by atoms with Crippen LogP contribution in [0, 0.1) is 0 Å². The van der Waals surface area contributed by atoms with E-state index in [-0.39, 0.29) is 17.6 Å². The summed E-state index contributed by atoms with van der Waals surface area (Å²) in [4.78, 5) is 35.3. The third-order valence-electron chi connectivity index (χ3n) is 3.71. The van der Waals surface area contributed by atoms with E-state index in [1.54, 1.807) is 0 Å². The van der Waals surface area contributed by atoms with E-state index in [9.17, 15) is 34.8 Å². The number of amides is 1. The lowest BCUT2D eigenvalue weighted by Crippen LogP contribution is -2.53. The first-order valence-electron chi connectivity index (χ1n) is 7.46. The third-order valence-corrected chi connectivity index (χ3v) is 3.71. The summed E-state index contributed by atoms with van der Waals surface area (Å²) in [6, 6.07) is 3.41. The maximum Gasteiger partial charge on any atom is 0.349 e. The third kappa shape index (κ3) is 4.06. The second-order valence-electron chi connectivity index (χ2n) is 5.54. The molecule has 0 fully saturated rings. The van der Waals surface area contributed by atoms with E-state index < -0.39 is 48.1 Å². The summed E-state index contributed by atoms with van der Waals surface area (Å²) in [6.45, 7) is -0.876. The number of nitrogens with one attached hydrogen (secondary N) is 1. The van der Waals surface area contributed by atoms with E-state index in [4.69, 9.17) is 9.52 Å². The maximum absolute atomic E-state index is 12.2. The van der Waals surface area contributed by atoms with Gasteiger partial charge in [-0.15, -0.1) is 0 Å². The predicted octanol–water partition coefficient (Wildman–Crippen LogP) is -2.13. The van der Waals surface area contributed by atoms with Gasteiger partial charge in [0.2, 0.25) is 0 Å². The molecule has 140 valence electrons. The molecule has 0 unspecified atom stereocenters. The quantitative estimate of drug-likeness (QED) is 0.236. The average Bonchev–Trinajstić information content (AvgIpc) is 2.63. The first kappa shape index (κ1) is 19.5. The van der Waals surface area contributed by atoms with Gasteiger partial charge in [-0.05, 0) is 18.2 Å². The molecule has 1 heterocycles. The minimum atomic E-state index is -1.93. The predicted molar refractivity (Wildman–Crippen MR) is 86.6 cm³/mol. The van der Waals surface area contributed by atoms with E-state index in [1.165, 1.54) is 24.3 Å². The molecule has 6 N–H and O–H groups in total. The van der Waals surface area contributed by atoms with Crippen molar-refractivity contribution in [1.29, 1.82) is 0 Å². The molecule has 2 aromatic rings. The van der Waals surface area contributed by atoms with Crippen LogP contribution in [0.5, 0.6) is 5.75 Å². The highest BCUT2D eigenvalue weighted by Gasteiger charge is 2.32. The summed E-state index contributed by atoms with van der Waals surface area (Å²) in [5.41, 5.74) is -1.48. The molecule has 1 aromatic heterocycles. The van der Waals surface area contributed by atoms with E-state index in [2.05, 4.69) is 0 Å². The molecule has 1 aromatic carbocycles. The number of carbonyl (C=O) groups excluding carboxylic acids is 2. The Bertz CT molecular complexity index is 862. The summed E-state index contributed by atoms with van der Waals surface area (Å²) in [7, 11) is 0. The van der Waals surface area contributed by atoms with Crippen molar-refractivity contribution in [3.8, 4) is 5.75 Å². The van der Waals surface area contributed by atoms with Crippen LogP contribution in [-0.4, -0.2) is 68.7 Å². The lowest BCUT2D eigenvalue weighted by atomic mass is 10.0. The monoisotopic (exact) mass is 367 g/mol. The fourth-order valence-electron chi connectivity index (χ4n) is 2.24. The van der Waals surface area contributed by atoms with E-state index in [0.717, 1.165) is 0 Å². The Morgan fingerprint density at radius 2 is 1.88 bits per heavy atom. The number of fused-ring (bicyclic) bond motifs is 1. The van der Waals surface area contributed by atoms with Gasteiger partial charge in [-0.3, -0.25) is 4.79 Å². The smallest absolute Gasteiger partial charge is 0.349 e. The van der Waals surface area contributed by atoms with Crippen LogP contribution in [0.1, 0.15) is 10.4 Å². The zero-order chi connectivity index (χ0) is 19.4. The molecule has 4 atom stereocenters. The van der Waals surface area contributed by atoms with E-state index in [1.807, 2.05) is 5.32 Å². The van der Waals surface area contributed by atoms with Crippen molar-refractivity contribution in [2.24, 2.45) is 0 Å². The average molecular weight is 367 g/mol. The van der Waals surface area contributed by atoms with Crippen LogP contribution in [0.2, 0.25) is 0 Å².